The van der Waals surface area contributed by atoms with Crippen LogP contribution in [0.1, 0.15) is 43.1 Å². The van der Waals surface area contributed by atoms with E-state index < -0.39 is 0 Å². The molecule has 0 spiro atoms. The molecule has 0 saturated heterocycles. The summed E-state index contributed by atoms with van der Waals surface area (Å²) in [6.07, 6.45) is 1.14. The summed E-state index contributed by atoms with van der Waals surface area (Å²) < 4.78 is 1.63. The van der Waals surface area contributed by atoms with Crippen molar-refractivity contribution in [1.82, 2.24) is 9.38 Å². The highest BCUT2D eigenvalue weighted by Gasteiger charge is 2.05. The first-order valence-electron chi connectivity index (χ1n) is 8.40. The number of benzene rings is 1. The van der Waals surface area contributed by atoms with Gasteiger partial charge in [0.05, 0.1) is 12.2 Å². The molecule has 24 heavy (non-hydrogen) atoms. The van der Waals surface area contributed by atoms with Gasteiger partial charge in [0.1, 0.15) is 5.65 Å². The number of nitrogens with one attached hydrogen (secondary N) is 1. The topological polar surface area (TPSA) is 46.4 Å². The summed E-state index contributed by atoms with van der Waals surface area (Å²) >= 11 is 0. The SMILES string of the molecule is CC[C@H](C)c1ccc(NCc2cc(=O)n3c(C)cccc3n2)cc1. The van der Waals surface area contributed by atoms with Gasteiger partial charge in [-0.15, -0.1) is 0 Å². The second-order valence-corrected chi connectivity index (χ2v) is 6.23. The monoisotopic (exact) mass is 321 g/mol. The van der Waals surface area contributed by atoms with E-state index in [1.54, 1.807) is 10.5 Å². The highest BCUT2D eigenvalue weighted by atomic mass is 16.1. The maximum absolute atomic E-state index is 12.3. The average Bonchev–Trinajstić information content (AvgIpc) is 2.59. The van der Waals surface area contributed by atoms with Crippen LogP contribution in [0.25, 0.3) is 5.65 Å². The Morgan fingerprint density at radius 3 is 2.62 bits per heavy atom. The molecule has 0 fully saturated rings. The molecule has 0 aliphatic heterocycles. The van der Waals surface area contributed by atoms with Crippen LogP contribution in [0, 0.1) is 6.92 Å². The lowest BCUT2D eigenvalue weighted by molar-refractivity contribution is 0.734. The summed E-state index contributed by atoms with van der Waals surface area (Å²) in [5.41, 5.74) is 4.67. The second-order valence-electron chi connectivity index (χ2n) is 6.23. The van der Waals surface area contributed by atoms with Crippen LogP contribution in [0.4, 0.5) is 5.69 Å². The van der Waals surface area contributed by atoms with Gasteiger partial charge in [0.2, 0.25) is 0 Å². The minimum atomic E-state index is -0.0398. The first kappa shape index (κ1) is 16.2. The molecule has 0 radical (unpaired) electrons. The molecule has 4 nitrogen and oxygen atoms in total. The molecule has 1 N–H and O–H groups in total. The summed E-state index contributed by atoms with van der Waals surface area (Å²) in [6, 6.07) is 15.8. The van der Waals surface area contributed by atoms with Crippen molar-refractivity contribution in [1.29, 1.82) is 0 Å². The maximum atomic E-state index is 12.3. The summed E-state index contributed by atoms with van der Waals surface area (Å²) in [5.74, 6) is 0.574. The van der Waals surface area contributed by atoms with Gasteiger partial charge in [0.25, 0.3) is 5.56 Å². The number of aryl methyl sites for hydroxylation is 1. The molecule has 2 heterocycles. The Morgan fingerprint density at radius 1 is 1.17 bits per heavy atom. The van der Waals surface area contributed by atoms with Crippen molar-refractivity contribution in [3.63, 3.8) is 0 Å². The van der Waals surface area contributed by atoms with E-state index in [1.807, 2.05) is 25.1 Å². The van der Waals surface area contributed by atoms with Gasteiger partial charge in [-0.25, -0.2) is 4.98 Å². The van der Waals surface area contributed by atoms with E-state index in [0.29, 0.717) is 18.1 Å². The van der Waals surface area contributed by atoms with Gasteiger partial charge in [-0.05, 0) is 49.1 Å². The summed E-state index contributed by atoms with van der Waals surface area (Å²) in [5, 5.41) is 3.34. The number of fused-ring (bicyclic) bond motifs is 1. The summed E-state index contributed by atoms with van der Waals surface area (Å²) in [4.78, 5) is 16.9. The van der Waals surface area contributed by atoms with Crippen LogP contribution in [-0.2, 0) is 6.54 Å². The molecule has 0 aliphatic carbocycles. The molecule has 0 saturated carbocycles. The first-order chi connectivity index (χ1) is 11.6. The van der Waals surface area contributed by atoms with Crippen LogP contribution in [0.3, 0.4) is 0 Å². The van der Waals surface area contributed by atoms with E-state index in [1.165, 1.54) is 5.56 Å². The Labute approximate surface area is 142 Å². The van der Waals surface area contributed by atoms with Gasteiger partial charge in [-0.1, -0.05) is 32.0 Å². The highest BCUT2D eigenvalue weighted by Crippen LogP contribution is 2.20. The zero-order valence-corrected chi connectivity index (χ0v) is 14.4. The van der Waals surface area contributed by atoms with E-state index in [9.17, 15) is 4.79 Å². The Balaban J connectivity index is 1.77. The molecule has 3 rings (SSSR count). The number of pyridine rings is 1. The standard InChI is InChI=1S/C20H23N3O/c1-4-14(2)16-8-10-17(11-9-16)21-13-18-12-20(24)23-15(3)6-5-7-19(23)22-18/h5-12,14,21H,4,13H2,1-3H3/t14-/m0/s1. The molecular formula is C20H23N3O. The third-order valence-electron chi connectivity index (χ3n) is 4.50. The number of aromatic nitrogens is 2. The predicted molar refractivity (Wildman–Crippen MR) is 98.7 cm³/mol. The lowest BCUT2D eigenvalue weighted by atomic mass is 9.99. The van der Waals surface area contributed by atoms with Crippen molar-refractivity contribution in [2.75, 3.05) is 5.32 Å². The molecule has 124 valence electrons. The average molecular weight is 321 g/mol. The lowest BCUT2D eigenvalue weighted by Crippen LogP contribution is -2.18. The third kappa shape index (κ3) is 3.32. The number of anilines is 1. The predicted octanol–water partition coefficient (Wildman–Crippen LogP) is 4.13. The van der Waals surface area contributed by atoms with E-state index in [2.05, 4.69) is 48.4 Å². The Morgan fingerprint density at radius 2 is 1.92 bits per heavy atom. The van der Waals surface area contributed by atoms with Crippen molar-refractivity contribution >= 4 is 11.3 Å². The molecule has 1 aromatic carbocycles. The first-order valence-corrected chi connectivity index (χ1v) is 8.40. The summed E-state index contributed by atoms with van der Waals surface area (Å²) in [7, 11) is 0. The molecule has 1 atom stereocenters. The Hall–Kier alpha value is -2.62. The molecule has 0 bridgehead atoms. The lowest BCUT2D eigenvalue weighted by Gasteiger charge is -2.11. The number of hydrogen-bond acceptors (Lipinski definition) is 3. The second kappa shape index (κ2) is 6.87. The van der Waals surface area contributed by atoms with Crippen LogP contribution < -0.4 is 10.9 Å². The van der Waals surface area contributed by atoms with Gasteiger partial charge in [-0.2, -0.15) is 0 Å². The quantitative estimate of drug-likeness (QED) is 0.768. The third-order valence-corrected chi connectivity index (χ3v) is 4.50. The van der Waals surface area contributed by atoms with Crippen molar-refractivity contribution < 1.29 is 0 Å². The highest BCUT2D eigenvalue weighted by molar-refractivity contribution is 5.46. The Bertz CT molecular complexity index is 897. The minimum Gasteiger partial charge on any atom is -0.379 e. The molecule has 4 heteroatoms. The molecule has 3 aromatic rings. The fraction of sp³-hybridized carbons (Fsp3) is 0.300. The van der Waals surface area contributed by atoms with Gasteiger partial charge < -0.3 is 5.32 Å². The zero-order chi connectivity index (χ0) is 17.1. The van der Waals surface area contributed by atoms with Crippen molar-refractivity contribution in [2.45, 2.75) is 39.7 Å². The van der Waals surface area contributed by atoms with Gasteiger partial charge in [-0.3, -0.25) is 9.20 Å². The fourth-order valence-electron chi connectivity index (χ4n) is 2.81. The van der Waals surface area contributed by atoms with E-state index in [4.69, 9.17) is 0 Å². The minimum absolute atomic E-state index is 0.0398. The van der Waals surface area contributed by atoms with Gasteiger partial charge in [0, 0.05) is 17.4 Å². The van der Waals surface area contributed by atoms with Crippen molar-refractivity contribution in [2.24, 2.45) is 0 Å². The fourth-order valence-corrected chi connectivity index (χ4v) is 2.81. The van der Waals surface area contributed by atoms with Crippen LogP contribution >= 0.6 is 0 Å². The largest absolute Gasteiger partial charge is 0.379 e. The van der Waals surface area contributed by atoms with Gasteiger partial charge >= 0.3 is 0 Å². The van der Waals surface area contributed by atoms with Crippen LogP contribution in [0.15, 0.2) is 53.3 Å². The summed E-state index contributed by atoms with van der Waals surface area (Å²) in [6.45, 7) is 6.87. The van der Waals surface area contributed by atoms with E-state index in [-0.39, 0.29) is 5.56 Å². The van der Waals surface area contributed by atoms with E-state index >= 15 is 0 Å². The normalized spacial score (nSPS) is 12.3. The molecular weight excluding hydrogens is 298 g/mol. The zero-order valence-electron chi connectivity index (χ0n) is 14.4. The smallest absolute Gasteiger partial charge is 0.258 e. The molecule has 0 aliphatic rings. The molecule has 2 aromatic heterocycles. The van der Waals surface area contributed by atoms with Crippen molar-refractivity contribution in [3.05, 3.63) is 75.8 Å². The number of nitrogens with zero attached hydrogens (tertiary/aromatic N) is 2. The van der Waals surface area contributed by atoms with Gasteiger partial charge in [0.15, 0.2) is 0 Å². The Kier molecular flexibility index (Phi) is 4.65. The van der Waals surface area contributed by atoms with Crippen LogP contribution in [0.2, 0.25) is 0 Å². The van der Waals surface area contributed by atoms with Crippen LogP contribution in [0.5, 0.6) is 0 Å². The number of rotatable bonds is 5. The molecule has 0 amide bonds. The van der Waals surface area contributed by atoms with E-state index in [0.717, 1.165) is 23.5 Å². The van der Waals surface area contributed by atoms with Crippen LogP contribution in [-0.4, -0.2) is 9.38 Å². The molecule has 0 unspecified atom stereocenters. The number of hydrogen-bond donors (Lipinski definition) is 1. The maximum Gasteiger partial charge on any atom is 0.258 e. The van der Waals surface area contributed by atoms with Crippen molar-refractivity contribution in [3.8, 4) is 0 Å².